The lowest BCUT2D eigenvalue weighted by Crippen LogP contribution is -2.35. The van der Waals surface area contributed by atoms with Crippen LogP contribution < -0.4 is 9.47 Å². The first-order valence-corrected chi connectivity index (χ1v) is 15.3. The molecule has 4 heterocycles. The summed E-state index contributed by atoms with van der Waals surface area (Å²) in [6.07, 6.45) is 0.547. The van der Waals surface area contributed by atoms with Gasteiger partial charge in [0, 0.05) is 35.0 Å². The lowest BCUT2D eigenvalue weighted by molar-refractivity contribution is -0.125. The normalized spacial score (nSPS) is 14.6. The molecule has 0 unspecified atom stereocenters. The standard InChI is InChI=1S/C33H32N4O7S/c1-5-44-32(40)29-22(16-37-26(38)18-35(2)33(37)41)34-30-28(27(29)20-11-12-23(42-3)24(15-20)43-4)21-13-14-36(17-25(21)45-30)31(39)19-9-7-6-8-10-19/h6-12,15H,5,13-14,16-18H2,1-4H3. The molecule has 0 bridgehead atoms. The molecule has 2 aliphatic heterocycles. The number of carbonyl (C=O) groups excluding carboxylic acids is 4. The second-order valence-corrected chi connectivity index (χ2v) is 11.8. The zero-order chi connectivity index (χ0) is 31.8. The maximum absolute atomic E-state index is 13.8. The van der Waals surface area contributed by atoms with Crippen LogP contribution in [0, 0.1) is 0 Å². The van der Waals surface area contributed by atoms with Crippen LogP contribution in [0.5, 0.6) is 11.5 Å². The minimum atomic E-state index is -0.615. The van der Waals surface area contributed by atoms with Crippen molar-refractivity contribution in [2.75, 3.05) is 41.0 Å². The number of esters is 1. The molecule has 232 valence electrons. The summed E-state index contributed by atoms with van der Waals surface area (Å²) in [5, 5.41) is 0.775. The molecule has 0 radical (unpaired) electrons. The van der Waals surface area contributed by atoms with Gasteiger partial charge < -0.3 is 24.0 Å². The maximum Gasteiger partial charge on any atom is 0.340 e. The van der Waals surface area contributed by atoms with Gasteiger partial charge in [0.05, 0.1) is 45.2 Å². The predicted molar refractivity (Wildman–Crippen MR) is 168 cm³/mol. The van der Waals surface area contributed by atoms with E-state index >= 15 is 0 Å². The highest BCUT2D eigenvalue weighted by Crippen LogP contribution is 2.45. The number of nitrogens with zero attached hydrogens (tertiary/aromatic N) is 4. The third-order valence-corrected chi connectivity index (χ3v) is 9.17. The second kappa shape index (κ2) is 12.2. The van der Waals surface area contributed by atoms with Crippen molar-refractivity contribution in [2.24, 2.45) is 0 Å². The number of ether oxygens (including phenoxy) is 3. The van der Waals surface area contributed by atoms with Crippen molar-refractivity contribution in [3.8, 4) is 22.6 Å². The van der Waals surface area contributed by atoms with Gasteiger partial charge in [-0.25, -0.2) is 14.6 Å². The van der Waals surface area contributed by atoms with Crippen LogP contribution in [0.4, 0.5) is 4.79 Å². The Morgan fingerprint density at radius 2 is 1.76 bits per heavy atom. The Balaban J connectivity index is 1.57. The van der Waals surface area contributed by atoms with E-state index in [1.165, 1.54) is 23.3 Å². The molecule has 1 fully saturated rings. The first kappa shape index (κ1) is 30.1. The highest BCUT2D eigenvalue weighted by atomic mass is 32.1. The van der Waals surface area contributed by atoms with Crippen LogP contribution in [0.1, 0.15) is 43.8 Å². The summed E-state index contributed by atoms with van der Waals surface area (Å²) >= 11 is 1.44. The van der Waals surface area contributed by atoms with Crippen LogP contribution in [0.2, 0.25) is 0 Å². The molecule has 0 saturated carbocycles. The summed E-state index contributed by atoms with van der Waals surface area (Å²) in [4.78, 5) is 63.6. The molecule has 2 aliphatic rings. The first-order chi connectivity index (χ1) is 21.7. The fraction of sp³-hybridized carbons (Fsp3) is 0.303. The van der Waals surface area contributed by atoms with Gasteiger partial charge in [-0.3, -0.25) is 14.5 Å². The molecule has 6 rings (SSSR count). The number of hydrogen-bond acceptors (Lipinski definition) is 9. The van der Waals surface area contributed by atoms with Gasteiger partial charge in [0.15, 0.2) is 11.5 Å². The quantitative estimate of drug-likeness (QED) is 0.203. The molecule has 0 spiro atoms. The van der Waals surface area contributed by atoms with E-state index in [1.807, 2.05) is 29.2 Å². The number of hydrogen-bond donors (Lipinski definition) is 0. The zero-order valence-corrected chi connectivity index (χ0v) is 26.2. The van der Waals surface area contributed by atoms with Crippen molar-refractivity contribution in [2.45, 2.75) is 26.4 Å². The number of thiophene rings is 1. The minimum absolute atomic E-state index is 0.0586. The van der Waals surface area contributed by atoms with Crippen molar-refractivity contribution in [3.05, 3.63) is 75.8 Å². The predicted octanol–water partition coefficient (Wildman–Crippen LogP) is 4.75. The van der Waals surface area contributed by atoms with Gasteiger partial charge in [-0.05, 0) is 48.7 Å². The average molecular weight is 629 g/mol. The molecule has 1 saturated heterocycles. The monoisotopic (exact) mass is 628 g/mol. The van der Waals surface area contributed by atoms with E-state index in [4.69, 9.17) is 19.2 Å². The summed E-state index contributed by atoms with van der Waals surface area (Å²) in [5.41, 5.74) is 3.26. The van der Waals surface area contributed by atoms with Crippen molar-refractivity contribution in [1.29, 1.82) is 0 Å². The number of benzene rings is 2. The van der Waals surface area contributed by atoms with Crippen molar-refractivity contribution in [3.63, 3.8) is 0 Å². The third-order valence-electron chi connectivity index (χ3n) is 8.06. The number of urea groups is 1. The highest BCUT2D eigenvalue weighted by Gasteiger charge is 2.37. The fourth-order valence-electron chi connectivity index (χ4n) is 5.90. The van der Waals surface area contributed by atoms with Crippen LogP contribution in [0.3, 0.4) is 0 Å². The van der Waals surface area contributed by atoms with Gasteiger partial charge in [-0.15, -0.1) is 11.3 Å². The summed E-state index contributed by atoms with van der Waals surface area (Å²) < 4.78 is 16.6. The first-order valence-electron chi connectivity index (χ1n) is 14.5. The smallest absolute Gasteiger partial charge is 0.340 e. The molecule has 2 aromatic heterocycles. The molecule has 0 aliphatic carbocycles. The number of amides is 4. The van der Waals surface area contributed by atoms with Gasteiger partial charge in [0.25, 0.3) is 11.8 Å². The lowest BCUT2D eigenvalue weighted by Gasteiger charge is -2.27. The Hall–Kier alpha value is -4.97. The fourth-order valence-corrected chi connectivity index (χ4v) is 7.17. The van der Waals surface area contributed by atoms with E-state index in [0.29, 0.717) is 52.5 Å². The van der Waals surface area contributed by atoms with Crippen molar-refractivity contribution < 1.29 is 33.4 Å². The molecule has 11 nitrogen and oxygen atoms in total. The molecule has 0 N–H and O–H groups in total. The average Bonchev–Trinajstić information content (AvgIpc) is 3.54. The van der Waals surface area contributed by atoms with E-state index in [2.05, 4.69) is 0 Å². The molecule has 0 atom stereocenters. The van der Waals surface area contributed by atoms with E-state index in [-0.39, 0.29) is 42.8 Å². The Kier molecular flexibility index (Phi) is 8.15. The van der Waals surface area contributed by atoms with Gasteiger partial charge >= 0.3 is 12.0 Å². The second-order valence-electron chi connectivity index (χ2n) is 10.7. The van der Waals surface area contributed by atoms with Gasteiger partial charge in [0.2, 0.25) is 0 Å². The number of fused-ring (bicyclic) bond motifs is 3. The number of likely N-dealkylation sites (N-methyl/N-ethyl adjacent to an activating group) is 1. The summed E-state index contributed by atoms with van der Waals surface area (Å²) in [6.45, 7) is 2.44. The minimum Gasteiger partial charge on any atom is -0.493 e. The van der Waals surface area contributed by atoms with Gasteiger partial charge in [-0.1, -0.05) is 24.3 Å². The Morgan fingerprint density at radius 1 is 1.00 bits per heavy atom. The number of methoxy groups -OCH3 is 2. The number of aromatic nitrogens is 1. The van der Waals surface area contributed by atoms with Crippen LogP contribution in [-0.2, 0) is 29.0 Å². The SMILES string of the molecule is CCOC(=O)c1c(CN2C(=O)CN(C)C2=O)nc2sc3c(c2c1-c1ccc(OC)c(OC)c1)CCN(C(=O)c1ccccc1)C3. The summed E-state index contributed by atoms with van der Waals surface area (Å²) in [5.74, 6) is -0.0761. The lowest BCUT2D eigenvalue weighted by atomic mass is 9.91. The van der Waals surface area contributed by atoms with Crippen molar-refractivity contribution in [1.82, 2.24) is 19.7 Å². The molecule has 4 aromatic rings. The highest BCUT2D eigenvalue weighted by molar-refractivity contribution is 7.19. The molecular formula is C33H32N4O7S. The van der Waals surface area contributed by atoms with Crippen LogP contribution in [-0.4, -0.2) is 84.5 Å². The van der Waals surface area contributed by atoms with E-state index < -0.39 is 12.0 Å². The number of imide groups is 1. The van der Waals surface area contributed by atoms with Crippen LogP contribution in [0.25, 0.3) is 21.3 Å². The van der Waals surface area contributed by atoms with E-state index in [0.717, 1.165) is 20.7 Å². The van der Waals surface area contributed by atoms with Crippen LogP contribution in [0.15, 0.2) is 48.5 Å². The molecule has 45 heavy (non-hydrogen) atoms. The summed E-state index contributed by atoms with van der Waals surface area (Å²) in [6, 6.07) is 14.1. The zero-order valence-electron chi connectivity index (χ0n) is 25.4. The van der Waals surface area contributed by atoms with E-state index in [9.17, 15) is 19.2 Å². The maximum atomic E-state index is 13.8. The largest absolute Gasteiger partial charge is 0.493 e. The van der Waals surface area contributed by atoms with Crippen molar-refractivity contribution >= 4 is 45.4 Å². The number of carbonyl (C=O) groups is 4. The summed E-state index contributed by atoms with van der Waals surface area (Å²) in [7, 11) is 4.63. The van der Waals surface area contributed by atoms with Gasteiger partial charge in [0.1, 0.15) is 11.4 Å². The third kappa shape index (κ3) is 5.35. The molecule has 2 aromatic carbocycles. The Bertz CT molecular complexity index is 1840. The molecule has 12 heteroatoms. The number of pyridine rings is 1. The molecule has 4 amide bonds. The van der Waals surface area contributed by atoms with Crippen LogP contribution >= 0.6 is 11.3 Å². The topological polar surface area (TPSA) is 119 Å². The Labute approximate surface area is 263 Å². The number of rotatable bonds is 8. The van der Waals surface area contributed by atoms with E-state index in [1.54, 1.807) is 45.3 Å². The van der Waals surface area contributed by atoms with Gasteiger partial charge in [-0.2, -0.15) is 0 Å². The molecular weight excluding hydrogens is 596 g/mol. The Morgan fingerprint density at radius 3 is 2.42 bits per heavy atom.